The highest BCUT2D eigenvalue weighted by molar-refractivity contribution is 5.74. The predicted molar refractivity (Wildman–Crippen MR) is 110 cm³/mol. The molecule has 0 saturated carbocycles. The molecule has 7 nitrogen and oxygen atoms in total. The van der Waals surface area contributed by atoms with Gasteiger partial charge in [-0.05, 0) is 42.8 Å². The van der Waals surface area contributed by atoms with Crippen molar-refractivity contribution in [2.75, 3.05) is 13.2 Å². The minimum atomic E-state index is -0.595. The van der Waals surface area contributed by atoms with Crippen LogP contribution in [0.2, 0.25) is 0 Å². The number of hydrogen-bond acceptors (Lipinski definition) is 6. The molecule has 0 unspecified atom stereocenters. The fraction of sp³-hybridized carbons (Fsp3) is 0.409. The van der Waals surface area contributed by atoms with Crippen molar-refractivity contribution in [1.82, 2.24) is 0 Å². The van der Waals surface area contributed by atoms with Gasteiger partial charge in [-0.15, -0.1) is 0 Å². The molecule has 29 heavy (non-hydrogen) atoms. The number of esters is 1. The number of non-ortho nitro benzene ring substituents is 1. The average Bonchev–Trinajstić information content (AvgIpc) is 2.73. The second kappa shape index (κ2) is 12.4. The van der Waals surface area contributed by atoms with Crippen molar-refractivity contribution in [3.63, 3.8) is 0 Å². The van der Waals surface area contributed by atoms with E-state index in [1.54, 1.807) is 24.3 Å². The molecule has 0 atom stereocenters. The van der Waals surface area contributed by atoms with E-state index < -0.39 is 10.9 Å². The topological polar surface area (TPSA) is 87.9 Å². The fourth-order valence-corrected chi connectivity index (χ4v) is 2.64. The van der Waals surface area contributed by atoms with E-state index in [1.807, 2.05) is 0 Å². The third kappa shape index (κ3) is 8.64. The van der Waals surface area contributed by atoms with Crippen molar-refractivity contribution in [3.8, 4) is 17.2 Å². The minimum Gasteiger partial charge on any atom is -0.494 e. The van der Waals surface area contributed by atoms with Crippen molar-refractivity contribution >= 4 is 11.7 Å². The standard InChI is InChI=1S/C22H27NO6/c1-2-3-4-5-6-7-16-27-19-12-14-20(15-13-19)28-17-22(24)29-21-10-8-18(9-11-21)23(25)26/h8-15H,2-7,16-17H2,1H3. The molecule has 0 aliphatic heterocycles. The van der Waals surface area contributed by atoms with E-state index in [0.29, 0.717) is 12.4 Å². The number of rotatable bonds is 13. The summed E-state index contributed by atoms with van der Waals surface area (Å²) in [4.78, 5) is 21.9. The molecule has 0 N–H and O–H groups in total. The summed E-state index contributed by atoms with van der Waals surface area (Å²) in [6, 6.07) is 12.3. The molecule has 0 aliphatic rings. The van der Waals surface area contributed by atoms with Gasteiger partial charge in [0.25, 0.3) is 5.69 Å². The summed E-state index contributed by atoms with van der Waals surface area (Å²) in [6.07, 6.45) is 7.30. The number of unbranched alkanes of at least 4 members (excludes halogenated alkanes) is 5. The van der Waals surface area contributed by atoms with Crippen LogP contribution in [0.5, 0.6) is 17.2 Å². The molecular weight excluding hydrogens is 374 g/mol. The molecule has 0 amide bonds. The van der Waals surface area contributed by atoms with Gasteiger partial charge in [-0.3, -0.25) is 10.1 Å². The van der Waals surface area contributed by atoms with E-state index in [0.717, 1.165) is 12.2 Å². The maximum atomic E-state index is 11.8. The summed E-state index contributed by atoms with van der Waals surface area (Å²) in [5, 5.41) is 10.6. The number of carbonyl (C=O) groups is 1. The summed E-state index contributed by atoms with van der Waals surface area (Å²) in [5.74, 6) is 0.918. The molecule has 7 heteroatoms. The van der Waals surface area contributed by atoms with Crippen LogP contribution in [-0.2, 0) is 4.79 Å². The molecule has 0 heterocycles. The largest absolute Gasteiger partial charge is 0.494 e. The van der Waals surface area contributed by atoms with Crippen molar-refractivity contribution < 1.29 is 23.9 Å². The van der Waals surface area contributed by atoms with Crippen molar-refractivity contribution in [2.24, 2.45) is 0 Å². The molecule has 0 spiro atoms. The Morgan fingerprint density at radius 2 is 1.38 bits per heavy atom. The van der Waals surface area contributed by atoms with E-state index in [-0.39, 0.29) is 18.0 Å². The number of nitro benzene ring substituents is 1. The number of hydrogen-bond donors (Lipinski definition) is 0. The molecule has 2 aromatic carbocycles. The lowest BCUT2D eigenvalue weighted by atomic mass is 10.1. The lowest BCUT2D eigenvalue weighted by Gasteiger charge is -2.09. The van der Waals surface area contributed by atoms with Gasteiger partial charge in [0.2, 0.25) is 0 Å². The van der Waals surface area contributed by atoms with Crippen LogP contribution in [0, 0.1) is 10.1 Å². The van der Waals surface area contributed by atoms with Crippen molar-refractivity contribution in [3.05, 3.63) is 58.6 Å². The summed E-state index contributed by atoms with van der Waals surface area (Å²) in [6.45, 7) is 2.63. The second-order valence-electron chi connectivity index (χ2n) is 6.60. The van der Waals surface area contributed by atoms with Gasteiger partial charge < -0.3 is 14.2 Å². The first-order chi connectivity index (χ1) is 14.1. The van der Waals surface area contributed by atoms with E-state index in [2.05, 4.69) is 6.92 Å². The number of nitro groups is 1. The first-order valence-corrected chi connectivity index (χ1v) is 9.89. The maximum Gasteiger partial charge on any atom is 0.349 e. The van der Waals surface area contributed by atoms with Crippen LogP contribution in [0.1, 0.15) is 45.4 Å². The first-order valence-electron chi connectivity index (χ1n) is 9.89. The molecule has 0 aromatic heterocycles. The SMILES string of the molecule is CCCCCCCCOc1ccc(OCC(=O)Oc2ccc([N+](=O)[O-])cc2)cc1. The number of carbonyl (C=O) groups excluding carboxylic acids is 1. The molecule has 0 bridgehead atoms. The number of ether oxygens (including phenoxy) is 3. The molecule has 156 valence electrons. The van der Waals surface area contributed by atoms with E-state index in [4.69, 9.17) is 14.2 Å². The molecule has 0 saturated heterocycles. The average molecular weight is 401 g/mol. The Bertz CT molecular complexity index is 758. The van der Waals surface area contributed by atoms with Crippen LogP contribution in [-0.4, -0.2) is 24.1 Å². The van der Waals surface area contributed by atoms with Gasteiger partial charge in [-0.25, -0.2) is 4.79 Å². The molecule has 0 radical (unpaired) electrons. The van der Waals surface area contributed by atoms with Gasteiger partial charge in [-0.1, -0.05) is 39.0 Å². The zero-order chi connectivity index (χ0) is 20.9. The Kier molecular flexibility index (Phi) is 9.48. The first kappa shape index (κ1) is 22.2. The van der Waals surface area contributed by atoms with Crippen LogP contribution in [0.15, 0.2) is 48.5 Å². The monoisotopic (exact) mass is 401 g/mol. The lowest BCUT2D eigenvalue weighted by molar-refractivity contribution is -0.384. The smallest absolute Gasteiger partial charge is 0.349 e. The Morgan fingerprint density at radius 1 is 0.828 bits per heavy atom. The molecule has 0 aliphatic carbocycles. The molecular formula is C22H27NO6. The molecule has 0 fully saturated rings. The Morgan fingerprint density at radius 3 is 2.00 bits per heavy atom. The van der Waals surface area contributed by atoms with Crippen molar-refractivity contribution in [2.45, 2.75) is 45.4 Å². The van der Waals surface area contributed by atoms with Gasteiger partial charge in [0, 0.05) is 12.1 Å². The highest BCUT2D eigenvalue weighted by atomic mass is 16.6. The molecule has 2 aromatic rings. The maximum absolute atomic E-state index is 11.8. The zero-order valence-electron chi connectivity index (χ0n) is 16.7. The zero-order valence-corrected chi connectivity index (χ0v) is 16.7. The van der Waals surface area contributed by atoms with Crippen molar-refractivity contribution in [1.29, 1.82) is 0 Å². The Balaban J connectivity index is 1.66. The van der Waals surface area contributed by atoms with Gasteiger partial charge in [-0.2, -0.15) is 0 Å². The van der Waals surface area contributed by atoms with Gasteiger partial charge in [0.15, 0.2) is 6.61 Å². The third-order valence-corrected chi connectivity index (χ3v) is 4.23. The second-order valence-corrected chi connectivity index (χ2v) is 6.60. The number of nitrogens with zero attached hydrogens (tertiary/aromatic N) is 1. The summed E-state index contributed by atoms with van der Waals surface area (Å²) in [7, 11) is 0. The third-order valence-electron chi connectivity index (χ3n) is 4.23. The fourth-order valence-electron chi connectivity index (χ4n) is 2.64. The van der Waals surface area contributed by atoms with E-state index in [1.165, 1.54) is 56.4 Å². The highest BCUT2D eigenvalue weighted by Crippen LogP contribution is 2.19. The van der Waals surface area contributed by atoms with Crippen LogP contribution >= 0.6 is 0 Å². The summed E-state index contributed by atoms with van der Waals surface area (Å²) >= 11 is 0. The van der Waals surface area contributed by atoms with E-state index >= 15 is 0 Å². The van der Waals surface area contributed by atoms with Crippen LogP contribution in [0.3, 0.4) is 0 Å². The predicted octanol–water partition coefficient (Wildman–Crippen LogP) is 5.32. The van der Waals surface area contributed by atoms with E-state index in [9.17, 15) is 14.9 Å². The van der Waals surface area contributed by atoms with Gasteiger partial charge in [0.05, 0.1) is 11.5 Å². The molecule has 2 rings (SSSR count). The lowest BCUT2D eigenvalue weighted by Crippen LogP contribution is -2.17. The van der Waals surface area contributed by atoms with Crippen LogP contribution in [0.4, 0.5) is 5.69 Å². The van der Waals surface area contributed by atoms with Gasteiger partial charge >= 0.3 is 5.97 Å². The van der Waals surface area contributed by atoms with Gasteiger partial charge in [0.1, 0.15) is 17.2 Å². The number of benzene rings is 2. The minimum absolute atomic E-state index is 0.0696. The van der Waals surface area contributed by atoms with Crippen LogP contribution < -0.4 is 14.2 Å². The highest BCUT2D eigenvalue weighted by Gasteiger charge is 2.09. The summed E-state index contributed by atoms with van der Waals surface area (Å²) in [5.41, 5.74) is -0.0696. The summed E-state index contributed by atoms with van der Waals surface area (Å²) < 4.78 is 16.2. The Hall–Kier alpha value is -3.09. The Labute approximate surface area is 170 Å². The van der Waals surface area contributed by atoms with Crippen LogP contribution in [0.25, 0.3) is 0 Å². The normalized spacial score (nSPS) is 10.4. The quantitative estimate of drug-likeness (QED) is 0.148.